The third-order valence-electron chi connectivity index (χ3n) is 5.98. The molecule has 0 atom stereocenters. The molecule has 35 heavy (non-hydrogen) atoms. The van der Waals surface area contributed by atoms with Crippen LogP contribution in [0.3, 0.4) is 0 Å². The Morgan fingerprint density at radius 1 is 0.743 bits per heavy atom. The van der Waals surface area contributed by atoms with E-state index in [0.29, 0.717) is 39.4 Å². The lowest BCUT2D eigenvalue weighted by Gasteiger charge is -2.30. The van der Waals surface area contributed by atoms with Crippen LogP contribution in [0.5, 0.6) is 5.75 Å². The van der Waals surface area contributed by atoms with E-state index in [1.165, 1.54) is 14.2 Å². The number of nitrogens with one attached hydrogen (secondary N) is 1. The summed E-state index contributed by atoms with van der Waals surface area (Å²) in [5.74, 6) is -1.94. The molecule has 0 radical (unpaired) electrons. The highest BCUT2D eigenvalue weighted by atomic mass is 16.5. The normalized spacial score (nSPS) is 14.4. The van der Waals surface area contributed by atoms with Crippen LogP contribution < -0.4 is 10.1 Å². The first-order chi connectivity index (χ1) is 16.5. The molecule has 1 heterocycles. The van der Waals surface area contributed by atoms with Gasteiger partial charge in [-0.1, -0.05) is 45.0 Å². The largest absolute Gasteiger partial charge is 0.466 e. The fraction of sp³-hybridized carbons (Fsp3) is 0.321. The number of carbonyl (C=O) groups excluding carboxylic acids is 3. The number of esters is 3. The molecule has 7 heteroatoms. The third-order valence-corrected chi connectivity index (χ3v) is 5.98. The maximum atomic E-state index is 12.6. The SMILES string of the molecule is COC(=O)C1=C(C)NC(C)=C(C(=O)OC)C1c1ccc(OC(=O)c2ccc(C(C)(C)C)cc2)cc1. The third kappa shape index (κ3) is 5.45. The Labute approximate surface area is 205 Å². The molecule has 2 aromatic carbocycles. The van der Waals surface area contributed by atoms with Crippen LogP contribution in [0.1, 0.15) is 62.0 Å². The number of hydrogen-bond donors (Lipinski definition) is 1. The van der Waals surface area contributed by atoms with Crippen LogP contribution in [-0.2, 0) is 24.5 Å². The molecule has 0 amide bonds. The summed E-state index contributed by atoms with van der Waals surface area (Å²) >= 11 is 0. The Bertz CT molecular complexity index is 1160. The monoisotopic (exact) mass is 477 g/mol. The number of carbonyl (C=O) groups is 3. The van der Waals surface area contributed by atoms with Gasteiger partial charge in [0.15, 0.2) is 0 Å². The van der Waals surface area contributed by atoms with E-state index < -0.39 is 23.8 Å². The first-order valence-corrected chi connectivity index (χ1v) is 11.3. The second-order valence-electron chi connectivity index (χ2n) is 9.40. The van der Waals surface area contributed by atoms with Gasteiger partial charge in [0.1, 0.15) is 5.75 Å². The van der Waals surface area contributed by atoms with Crippen molar-refractivity contribution in [1.82, 2.24) is 5.32 Å². The molecule has 0 aliphatic carbocycles. The Balaban J connectivity index is 1.90. The van der Waals surface area contributed by atoms with E-state index in [1.54, 1.807) is 50.2 Å². The predicted octanol–water partition coefficient (Wildman–Crippen LogP) is 4.78. The maximum absolute atomic E-state index is 12.6. The van der Waals surface area contributed by atoms with Crippen LogP contribution >= 0.6 is 0 Å². The van der Waals surface area contributed by atoms with Crippen molar-refractivity contribution in [1.29, 1.82) is 0 Å². The van der Waals surface area contributed by atoms with E-state index in [9.17, 15) is 14.4 Å². The molecule has 0 unspecified atom stereocenters. The molecular formula is C28H31NO6. The summed E-state index contributed by atoms with van der Waals surface area (Å²) in [5.41, 5.74) is 3.99. The summed E-state index contributed by atoms with van der Waals surface area (Å²) in [5, 5.41) is 3.07. The Morgan fingerprint density at radius 3 is 1.66 bits per heavy atom. The standard InChI is InChI=1S/C28H31NO6/c1-16-22(26(31)33-6)24(23(17(2)29-16)27(32)34-7)18-10-14-21(15-11-18)35-25(30)19-8-12-20(13-9-19)28(3,4)5/h8-15,24,29H,1-7H3. The van der Waals surface area contributed by atoms with Crippen LogP contribution in [0.25, 0.3) is 0 Å². The molecule has 0 aromatic heterocycles. The fourth-order valence-corrected chi connectivity index (χ4v) is 4.09. The lowest BCUT2D eigenvalue weighted by molar-refractivity contribution is -0.137. The van der Waals surface area contributed by atoms with Crippen LogP contribution in [0.15, 0.2) is 71.1 Å². The Morgan fingerprint density at radius 2 is 1.23 bits per heavy atom. The van der Waals surface area contributed by atoms with E-state index in [-0.39, 0.29) is 5.41 Å². The zero-order valence-corrected chi connectivity index (χ0v) is 21.1. The highest BCUT2D eigenvalue weighted by Crippen LogP contribution is 2.39. The summed E-state index contributed by atoms with van der Waals surface area (Å²) in [6.45, 7) is 9.81. The van der Waals surface area contributed by atoms with Crippen molar-refractivity contribution in [3.05, 3.63) is 87.8 Å². The van der Waals surface area contributed by atoms with E-state index >= 15 is 0 Å². The van der Waals surface area contributed by atoms with Crippen molar-refractivity contribution >= 4 is 17.9 Å². The highest BCUT2D eigenvalue weighted by molar-refractivity contribution is 5.99. The van der Waals surface area contributed by atoms with Gasteiger partial charge in [-0.15, -0.1) is 0 Å². The van der Waals surface area contributed by atoms with Crippen molar-refractivity contribution in [3.8, 4) is 5.75 Å². The number of hydrogen-bond acceptors (Lipinski definition) is 7. The second-order valence-corrected chi connectivity index (χ2v) is 9.40. The van der Waals surface area contributed by atoms with Crippen molar-refractivity contribution in [2.45, 2.75) is 46.0 Å². The van der Waals surface area contributed by atoms with Gasteiger partial charge >= 0.3 is 17.9 Å². The van der Waals surface area contributed by atoms with Gasteiger partial charge in [0.05, 0.1) is 36.8 Å². The van der Waals surface area contributed by atoms with E-state index in [2.05, 4.69) is 26.1 Å². The molecule has 3 rings (SSSR count). The van der Waals surface area contributed by atoms with Crippen molar-refractivity contribution < 1.29 is 28.6 Å². The van der Waals surface area contributed by atoms with Crippen LogP contribution in [0.2, 0.25) is 0 Å². The van der Waals surface area contributed by atoms with Gasteiger partial charge in [0.25, 0.3) is 0 Å². The highest BCUT2D eigenvalue weighted by Gasteiger charge is 2.37. The first kappa shape index (κ1) is 25.7. The van der Waals surface area contributed by atoms with Gasteiger partial charge in [0.2, 0.25) is 0 Å². The zero-order chi connectivity index (χ0) is 25.9. The molecule has 7 nitrogen and oxygen atoms in total. The molecule has 1 aliphatic rings. The van der Waals surface area contributed by atoms with Gasteiger partial charge in [0, 0.05) is 11.4 Å². The Kier molecular flexibility index (Phi) is 7.48. The topological polar surface area (TPSA) is 90.9 Å². The van der Waals surface area contributed by atoms with Gasteiger partial charge in [-0.3, -0.25) is 0 Å². The predicted molar refractivity (Wildman–Crippen MR) is 132 cm³/mol. The van der Waals surface area contributed by atoms with Crippen molar-refractivity contribution in [3.63, 3.8) is 0 Å². The smallest absolute Gasteiger partial charge is 0.343 e. The summed E-state index contributed by atoms with van der Waals surface area (Å²) in [6.07, 6.45) is 0. The molecule has 0 spiro atoms. The molecule has 0 saturated carbocycles. The molecule has 0 saturated heterocycles. The minimum absolute atomic E-state index is 0.0153. The van der Waals surface area contributed by atoms with Gasteiger partial charge in [-0.05, 0) is 54.7 Å². The van der Waals surface area contributed by atoms with Gasteiger partial charge in [-0.25, -0.2) is 14.4 Å². The number of rotatable bonds is 5. The van der Waals surface area contributed by atoms with Crippen molar-refractivity contribution in [2.75, 3.05) is 14.2 Å². The number of methoxy groups -OCH3 is 2. The summed E-state index contributed by atoms with van der Waals surface area (Å²) in [4.78, 5) is 37.9. The summed E-state index contributed by atoms with van der Waals surface area (Å²) in [7, 11) is 2.58. The number of ether oxygens (including phenoxy) is 3. The van der Waals surface area contributed by atoms with E-state index in [0.717, 1.165) is 5.56 Å². The van der Waals surface area contributed by atoms with Gasteiger partial charge in [-0.2, -0.15) is 0 Å². The summed E-state index contributed by atoms with van der Waals surface area (Å²) < 4.78 is 15.5. The number of benzene rings is 2. The van der Waals surface area contributed by atoms with Crippen LogP contribution in [0.4, 0.5) is 0 Å². The number of allylic oxidation sites excluding steroid dienone is 2. The minimum atomic E-state index is -0.703. The van der Waals surface area contributed by atoms with Gasteiger partial charge < -0.3 is 19.5 Å². The van der Waals surface area contributed by atoms with Crippen molar-refractivity contribution in [2.24, 2.45) is 0 Å². The Hall–Kier alpha value is -3.87. The first-order valence-electron chi connectivity index (χ1n) is 11.3. The maximum Gasteiger partial charge on any atom is 0.343 e. The van der Waals surface area contributed by atoms with E-state index in [1.807, 2.05) is 12.1 Å². The second kappa shape index (κ2) is 10.2. The molecule has 0 bridgehead atoms. The number of dihydropyridines is 1. The molecule has 2 aromatic rings. The summed E-state index contributed by atoms with van der Waals surface area (Å²) in [6, 6.07) is 14.0. The average Bonchev–Trinajstić information content (AvgIpc) is 2.82. The lowest BCUT2D eigenvalue weighted by Crippen LogP contribution is -2.32. The lowest BCUT2D eigenvalue weighted by atomic mass is 9.80. The molecule has 1 aliphatic heterocycles. The molecule has 1 N–H and O–H groups in total. The van der Waals surface area contributed by atoms with Crippen LogP contribution in [0, 0.1) is 0 Å². The van der Waals surface area contributed by atoms with E-state index in [4.69, 9.17) is 14.2 Å². The minimum Gasteiger partial charge on any atom is -0.466 e. The molecule has 0 fully saturated rings. The molecular weight excluding hydrogens is 446 g/mol. The van der Waals surface area contributed by atoms with Crippen LogP contribution in [-0.4, -0.2) is 32.1 Å². The quantitative estimate of drug-likeness (QED) is 0.489. The molecule has 184 valence electrons. The zero-order valence-electron chi connectivity index (χ0n) is 21.1. The average molecular weight is 478 g/mol. The fourth-order valence-electron chi connectivity index (χ4n) is 4.09.